The standard InChI is InChI=1S/C23H30N4O2/c1-18-4-3-11-27(17-18)20-9-10-24-22(16-20)23(28)26-14-12-25(13-15-26)19-5-7-21(29-2)8-6-19/h5-10,16,18H,3-4,11-15,17H2,1-2H3. The number of amides is 1. The molecule has 2 aliphatic heterocycles. The van der Waals surface area contributed by atoms with Gasteiger partial charge in [0.1, 0.15) is 11.4 Å². The maximum atomic E-state index is 13.0. The van der Waals surface area contributed by atoms with Crippen molar-refractivity contribution in [3.63, 3.8) is 0 Å². The molecule has 2 aliphatic rings. The van der Waals surface area contributed by atoms with Crippen LogP contribution in [0.2, 0.25) is 0 Å². The molecule has 0 radical (unpaired) electrons. The van der Waals surface area contributed by atoms with E-state index in [9.17, 15) is 4.79 Å². The minimum Gasteiger partial charge on any atom is -0.497 e. The lowest BCUT2D eigenvalue weighted by Gasteiger charge is -2.36. The molecule has 1 amide bonds. The van der Waals surface area contributed by atoms with Gasteiger partial charge in [-0.25, -0.2) is 0 Å². The number of ether oxygens (including phenoxy) is 1. The lowest BCUT2D eigenvalue weighted by molar-refractivity contribution is 0.0741. The Hall–Kier alpha value is -2.76. The zero-order valence-corrected chi connectivity index (χ0v) is 17.4. The average Bonchev–Trinajstić information content (AvgIpc) is 2.79. The first-order valence-electron chi connectivity index (χ1n) is 10.5. The molecule has 0 aliphatic carbocycles. The van der Waals surface area contributed by atoms with Crippen molar-refractivity contribution in [1.29, 1.82) is 0 Å². The van der Waals surface area contributed by atoms with E-state index in [0.29, 0.717) is 24.7 Å². The van der Waals surface area contributed by atoms with Crippen LogP contribution in [0.25, 0.3) is 0 Å². The van der Waals surface area contributed by atoms with E-state index in [1.54, 1.807) is 13.3 Å². The SMILES string of the molecule is COc1ccc(N2CCN(C(=O)c3cc(N4CCCC(C)C4)ccn3)CC2)cc1. The van der Waals surface area contributed by atoms with E-state index in [-0.39, 0.29) is 5.91 Å². The Balaban J connectivity index is 1.38. The number of hydrogen-bond acceptors (Lipinski definition) is 5. The predicted octanol–water partition coefficient (Wildman–Crippen LogP) is 3.29. The van der Waals surface area contributed by atoms with Crippen molar-refractivity contribution in [2.24, 2.45) is 5.92 Å². The summed E-state index contributed by atoms with van der Waals surface area (Å²) in [5, 5.41) is 0. The lowest BCUT2D eigenvalue weighted by atomic mass is 10.00. The average molecular weight is 395 g/mol. The molecule has 4 rings (SSSR count). The van der Waals surface area contributed by atoms with E-state index in [1.807, 2.05) is 29.2 Å². The number of benzene rings is 1. The number of piperidine rings is 1. The number of anilines is 2. The maximum absolute atomic E-state index is 13.0. The van der Waals surface area contributed by atoms with Crippen LogP contribution in [0.1, 0.15) is 30.3 Å². The van der Waals surface area contributed by atoms with Gasteiger partial charge in [-0.05, 0) is 55.2 Å². The molecule has 3 heterocycles. The monoisotopic (exact) mass is 394 g/mol. The molecule has 1 aromatic heterocycles. The summed E-state index contributed by atoms with van der Waals surface area (Å²) in [4.78, 5) is 24.0. The summed E-state index contributed by atoms with van der Waals surface area (Å²) < 4.78 is 5.23. The fourth-order valence-electron chi connectivity index (χ4n) is 4.28. The number of piperazine rings is 1. The van der Waals surface area contributed by atoms with Crippen molar-refractivity contribution in [3.05, 3.63) is 48.3 Å². The van der Waals surface area contributed by atoms with Gasteiger partial charge in [0.2, 0.25) is 0 Å². The van der Waals surface area contributed by atoms with Gasteiger partial charge in [-0.15, -0.1) is 0 Å². The predicted molar refractivity (Wildman–Crippen MR) is 116 cm³/mol. The van der Waals surface area contributed by atoms with Crippen LogP contribution < -0.4 is 14.5 Å². The van der Waals surface area contributed by atoms with Gasteiger partial charge in [0, 0.05) is 56.8 Å². The molecule has 2 saturated heterocycles. The van der Waals surface area contributed by atoms with Crippen molar-refractivity contribution in [3.8, 4) is 5.75 Å². The molecule has 0 saturated carbocycles. The van der Waals surface area contributed by atoms with Gasteiger partial charge >= 0.3 is 0 Å². The van der Waals surface area contributed by atoms with Crippen LogP contribution in [0.15, 0.2) is 42.6 Å². The van der Waals surface area contributed by atoms with Crippen molar-refractivity contribution in [2.75, 3.05) is 56.2 Å². The normalized spacial score (nSPS) is 19.9. The molecule has 0 N–H and O–H groups in total. The zero-order chi connectivity index (χ0) is 20.2. The van der Waals surface area contributed by atoms with Gasteiger partial charge in [-0.2, -0.15) is 0 Å². The van der Waals surface area contributed by atoms with Crippen LogP contribution in [0, 0.1) is 5.92 Å². The fourth-order valence-corrected chi connectivity index (χ4v) is 4.28. The molecular weight excluding hydrogens is 364 g/mol. The Kier molecular flexibility index (Phi) is 5.88. The zero-order valence-electron chi connectivity index (χ0n) is 17.4. The van der Waals surface area contributed by atoms with E-state index in [2.05, 4.69) is 33.8 Å². The molecule has 6 heteroatoms. The summed E-state index contributed by atoms with van der Waals surface area (Å²) in [5.74, 6) is 1.59. The highest BCUT2D eigenvalue weighted by molar-refractivity contribution is 5.93. The molecule has 2 aromatic rings. The number of carbonyl (C=O) groups is 1. The molecule has 1 atom stereocenters. The molecule has 0 bridgehead atoms. The third-order valence-corrected chi connectivity index (χ3v) is 5.99. The first-order valence-corrected chi connectivity index (χ1v) is 10.5. The smallest absolute Gasteiger partial charge is 0.272 e. The number of pyridine rings is 1. The Labute approximate surface area is 173 Å². The molecule has 1 aromatic carbocycles. The number of hydrogen-bond donors (Lipinski definition) is 0. The van der Waals surface area contributed by atoms with E-state index in [4.69, 9.17) is 4.74 Å². The second-order valence-electron chi connectivity index (χ2n) is 8.07. The third kappa shape index (κ3) is 4.47. The summed E-state index contributed by atoms with van der Waals surface area (Å²) in [6, 6.07) is 12.1. The van der Waals surface area contributed by atoms with Crippen LogP contribution in [-0.4, -0.2) is 62.2 Å². The largest absolute Gasteiger partial charge is 0.497 e. The first-order chi connectivity index (χ1) is 14.1. The highest BCUT2D eigenvalue weighted by Gasteiger charge is 2.24. The topological polar surface area (TPSA) is 48.9 Å². The second-order valence-corrected chi connectivity index (χ2v) is 8.07. The Morgan fingerprint density at radius 2 is 1.76 bits per heavy atom. The van der Waals surface area contributed by atoms with Crippen LogP contribution in [0.4, 0.5) is 11.4 Å². The quantitative estimate of drug-likeness (QED) is 0.796. The molecule has 0 spiro atoms. The highest BCUT2D eigenvalue weighted by atomic mass is 16.5. The van der Waals surface area contributed by atoms with Crippen LogP contribution in [0.3, 0.4) is 0 Å². The summed E-state index contributed by atoms with van der Waals surface area (Å²) in [5.41, 5.74) is 2.84. The molecule has 1 unspecified atom stereocenters. The lowest BCUT2D eigenvalue weighted by Crippen LogP contribution is -2.49. The third-order valence-electron chi connectivity index (χ3n) is 5.99. The Bertz CT molecular complexity index is 831. The molecule has 2 fully saturated rings. The Morgan fingerprint density at radius 3 is 2.45 bits per heavy atom. The van der Waals surface area contributed by atoms with E-state index < -0.39 is 0 Å². The minimum absolute atomic E-state index is 0.0336. The van der Waals surface area contributed by atoms with Gasteiger partial charge in [-0.3, -0.25) is 9.78 Å². The number of aromatic nitrogens is 1. The maximum Gasteiger partial charge on any atom is 0.272 e. The van der Waals surface area contributed by atoms with Crippen LogP contribution in [-0.2, 0) is 0 Å². The number of methoxy groups -OCH3 is 1. The summed E-state index contributed by atoms with van der Waals surface area (Å²) in [6.07, 6.45) is 4.27. The number of nitrogens with zero attached hydrogens (tertiary/aromatic N) is 4. The van der Waals surface area contributed by atoms with Crippen molar-refractivity contribution >= 4 is 17.3 Å². The van der Waals surface area contributed by atoms with Crippen molar-refractivity contribution in [1.82, 2.24) is 9.88 Å². The molecular formula is C23H30N4O2. The minimum atomic E-state index is 0.0336. The van der Waals surface area contributed by atoms with Gasteiger partial charge < -0.3 is 19.4 Å². The van der Waals surface area contributed by atoms with E-state index in [0.717, 1.165) is 43.3 Å². The molecule has 29 heavy (non-hydrogen) atoms. The van der Waals surface area contributed by atoms with Crippen LogP contribution in [0.5, 0.6) is 5.75 Å². The number of rotatable bonds is 4. The molecule has 154 valence electrons. The van der Waals surface area contributed by atoms with Gasteiger partial charge in [-0.1, -0.05) is 6.92 Å². The fraction of sp³-hybridized carbons (Fsp3) is 0.478. The Morgan fingerprint density at radius 1 is 1.00 bits per heavy atom. The van der Waals surface area contributed by atoms with Gasteiger partial charge in [0.05, 0.1) is 7.11 Å². The summed E-state index contributed by atoms with van der Waals surface area (Å²) >= 11 is 0. The molecule has 6 nitrogen and oxygen atoms in total. The second kappa shape index (κ2) is 8.72. The van der Waals surface area contributed by atoms with Gasteiger partial charge in [0.15, 0.2) is 0 Å². The van der Waals surface area contributed by atoms with Crippen molar-refractivity contribution in [2.45, 2.75) is 19.8 Å². The number of carbonyl (C=O) groups excluding carboxylic acids is 1. The highest BCUT2D eigenvalue weighted by Crippen LogP contribution is 2.24. The van der Waals surface area contributed by atoms with E-state index >= 15 is 0 Å². The van der Waals surface area contributed by atoms with Gasteiger partial charge in [0.25, 0.3) is 5.91 Å². The first kappa shape index (κ1) is 19.6. The van der Waals surface area contributed by atoms with Crippen LogP contribution >= 0.6 is 0 Å². The summed E-state index contributed by atoms with van der Waals surface area (Å²) in [6.45, 7) is 7.46. The summed E-state index contributed by atoms with van der Waals surface area (Å²) in [7, 11) is 1.67. The van der Waals surface area contributed by atoms with Crippen molar-refractivity contribution < 1.29 is 9.53 Å². The van der Waals surface area contributed by atoms with E-state index in [1.165, 1.54) is 12.8 Å².